The van der Waals surface area contributed by atoms with E-state index in [0.29, 0.717) is 19.3 Å². The number of aliphatic hydroxyl groups excluding tert-OH is 7. The van der Waals surface area contributed by atoms with Crippen LogP contribution in [0.3, 0.4) is 0 Å². The van der Waals surface area contributed by atoms with Gasteiger partial charge in [-0.05, 0) is 38.5 Å². The lowest BCUT2D eigenvalue weighted by Crippen LogP contribution is -2.60. The van der Waals surface area contributed by atoms with Crippen molar-refractivity contribution in [1.29, 1.82) is 0 Å². The van der Waals surface area contributed by atoms with E-state index in [0.717, 1.165) is 38.5 Å². The van der Waals surface area contributed by atoms with E-state index in [9.17, 15) is 40.5 Å². The van der Waals surface area contributed by atoms with Gasteiger partial charge in [0, 0.05) is 0 Å². The monoisotopic (exact) mass is 1260 g/mol. The average Bonchev–Trinajstić information content (AvgIpc) is 1.72. The molecule has 89 heavy (non-hydrogen) atoms. The third-order valence-electron chi connectivity index (χ3n) is 19.6. The molecule has 8 N–H and O–H groups in total. The van der Waals surface area contributed by atoms with Gasteiger partial charge in [0.2, 0.25) is 5.91 Å². The zero-order valence-corrected chi connectivity index (χ0v) is 59.0. The Labute approximate surface area is 551 Å². The van der Waals surface area contributed by atoms with Gasteiger partial charge in [-0.25, -0.2) is 0 Å². The second kappa shape index (κ2) is 66.9. The van der Waals surface area contributed by atoms with E-state index in [2.05, 4.69) is 31.3 Å². The molecule has 1 fully saturated rings. The van der Waals surface area contributed by atoms with E-state index in [1.807, 2.05) is 0 Å². The van der Waals surface area contributed by atoms with Crippen LogP contribution in [-0.4, -0.2) is 110 Å². The standard InChI is InChI=1S/C78H153NO10/c1-3-5-7-9-11-13-15-17-19-21-23-25-27-29-31-33-34-35-36-37-38-40-42-44-46-48-50-52-54-56-58-60-62-64-66-71(82)77(87)79-69(68-88-78-76(86)75(85)74(84)72(67-80)89-78)73(83)70(81)65-63-61-59-57-55-53-51-49-47-45-43-41-39-32-30-28-26-24-22-20-18-16-14-12-10-8-6-4-2/h33-34,69-76,78,80-86H,3-32,35-68H2,1-2H3,(H,79,87)/b34-33-. The fourth-order valence-electron chi connectivity index (χ4n) is 13.3. The molecule has 1 saturated heterocycles. The van der Waals surface area contributed by atoms with Crippen molar-refractivity contribution < 1.29 is 50.0 Å². The molecule has 1 heterocycles. The number of hydrogen-bond donors (Lipinski definition) is 8. The lowest BCUT2D eigenvalue weighted by Gasteiger charge is -2.40. The summed E-state index contributed by atoms with van der Waals surface area (Å²) in [5, 5.41) is 76.7. The van der Waals surface area contributed by atoms with E-state index >= 15 is 0 Å². The lowest BCUT2D eigenvalue weighted by molar-refractivity contribution is -0.303. The molecule has 1 aliphatic heterocycles. The molecule has 0 aromatic carbocycles. The van der Waals surface area contributed by atoms with Crippen molar-refractivity contribution in [3.8, 4) is 0 Å². The maximum Gasteiger partial charge on any atom is 0.249 e. The SMILES string of the molecule is CCCCCCCCCCCCCCCC/C=C\CCCCCCCCCCCCCCCCCCC(O)C(=O)NC(COC1OC(CO)C(O)C(O)C1O)C(O)C(O)CCCCCCCCCCCCCCCCCCCCCCCCCCCCCC. The number of amides is 1. The largest absolute Gasteiger partial charge is 0.394 e. The number of rotatable bonds is 71. The highest BCUT2D eigenvalue weighted by molar-refractivity contribution is 5.80. The fraction of sp³-hybridized carbons (Fsp3) is 0.962. The van der Waals surface area contributed by atoms with Crippen LogP contribution in [0, 0.1) is 0 Å². The highest BCUT2D eigenvalue weighted by Crippen LogP contribution is 2.25. The van der Waals surface area contributed by atoms with Crippen LogP contribution < -0.4 is 5.32 Å². The van der Waals surface area contributed by atoms with Crippen LogP contribution in [0.1, 0.15) is 412 Å². The number of carbonyl (C=O) groups is 1. The molecule has 1 aliphatic rings. The number of nitrogens with one attached hydrogen (secondary N) is 1. The Morgan fingerprint density at radius 3 is 0.944 bits per heavy atom. The summed E-state index contributed by atoms with van der Waals surface area (Å²) in [5.41, 5.74) is 0. The van der Waals surface area contributed by atoms with Gasteiger partial charge in [-0.2, -0.15) is 0 Å². The van der Waals surface area contributed by atoms with Crippen molar-refractivity contribution in [2.24, 2.45) is 0 Å². The zero-order valence-electron chi connectivity index (χ0n) is 59.0. The molecule has 0 saturated carbocycles. The number of ether oxygens (including phenoxy) is 2. The van der Waals surface area contributed by atoms with Gasteiger partial charge >= 0.3 is 0 Å². The van der Waals surface area contributed by atoms with Crippen molar-refractivity contribution >= 4 is 5.91 Å². The van der Waals surface area contributed by atoms with Gasteiger partial charge in [0.1, 0.15) is 36.6 Å². The first kappa shape index (κ1) is 85.9. The van der Waals surface area contributed by atoms with E-state index in [1.54, 1.807) is 0 Å². The Morgan fingerprint density at radius 2 is 0.652 bits per heavy atom. The minimum atomic E-state index is -1.66. The van der Waals surface area contributed by atoms with Crippen molar-refractivity contribution in [1.82, 2.24) is 5.32 Å². The van der Waals surface area contributed by atoms with E-state index in [4.69, 9.17) is 9.47 Å². The van der Waals surface area contributed by atoms with E-state index in [-0.39, 0.29) is 6.42 Å². The summed E-state index contributed by atoms with van der Waals surface area (Å²) in [7, 11) is 0. The Kier molecular flexibility index (Phi) is 64.5. The van der Waals surface area contributed by atoms with Gasteiger partial charge < -0.3 is 50.5 Å². The topological polar surface area (TPSA) is 189 Å². The van der Waals surface area contributed by atoms with E-state index in [1.165, 1.54) is 334 Å². The van der Waals surface area contributed by atoms with Gasteiger partial charge in [-0.15, -0.1) is 0 Å². The summed E-state index contributed by atoms with van der Waals surface area (Å²) in [6, 6.07) is -1.17. The predicted octanol–water partition coefficient (Wildman–Crippen LogP) is 20.2. The summed E-state index contributed by atoms with van der Waals surface area (Å²) in [5.74, 6) is -0.687. The number of unbranched alkanes of at least 4 members (excludes halogenated alkanes) is 57. The molecule has 0 aromatic heterocycles. The predicted molar refractivity (Wildman–Crippen MR) is 376 cm³/mol. The van der Waals surface area contributed by atoms with Crippen LogP contribution in [0.25, 0.3) is 0 Å². The molecule has 0 radical (unpaired) electrons. The molecular formula is C78H153NO10. The summed E-state index contributed by atoms with van der Waals surface area (Å²) >= 11 is 0. The van der Waals surface area contributed by atoms with Crippen LogP contribution in [0.4, 0.5) is 0 Å². The molecule has 0 spiro atoms. The normalized spacial score (nSPS) is 18.5. The molecule has 11 heteroatoms. The molecule has 0 aliphatic carbocycles. The second-order valence-corrected chi connectivity index (χ2v) is 28.1. The minimum absolute atomic E-state index is 0.265. The third-order valence-corrected chi connectivity index (χ3v) is 19.6. The average molecular weight is 1270 g/mol. The van der Waals surface area contributed by atoms with E-state index < -0.39 is 74.2 Å². The Balaban J connectivity index is 2.13. The van der Waals surface area contributed by atoms with Crippen LogP contribution >= 0.6 is 0 Å². The van der Waals surface area contributed by atoms with Gasteiger partial charge in [0.05, 0.1) is 25.4 Å². The Morgan fingerprint density at radius 1 is 0.382 bits per heavy atom. The molecular weight excluding hydrogens is 1110 g/mol. The number of allylic oxidation sites excluding steroid dienone is 2. The third kappa shape index (κ3) is 53.8. The van der Waals surface area contributed by atoms with Gasteiger partial charge in [-0.1, -0.05) is 386 Å². The van der Waals surface area contributed by atoms with Crippen LogP contribution in [0.2, 0.25) is 0 Å². The zero-order chi connectivity index (χ0) is 64.6. The maximum atomic E-state index is 13.3. The fourth-order valence-corrected chi connectivity index (χ4v) is 13.3. The summed E-state index contributed by atoms with van der Waals surface area (Å²) in [6.45, 7) is 3.54. The smallest absolute Gasteiger partial charge is 0.249 e. The lowest BCUT2D eigenvalue weighted by atomic mass is 9.98. The summed E-state index contributed by atoms with van der Waals surface area (Å²) in [6.07, 6.45) is 73.2. The van der Waals surface area contributed by atoms with Gasteiger partial charge in [0.15, 0.2) is 6.29 Å². The molecule has 530 valence electrons. The van der Waals surface area contributed by atoms with Crippen molar-refractivity contribution in [3.63, 3.8) is 0 Å². The quantitative estimate of drug-likeness (QED) is 0.0215. The molecule has 1 amide bonds. The molecule has 9 unspecified atom stereocenters. The van der Waals surface area contributed by atoms with Crippen molar-refractivity contribution in [3.05, 3.63) is 12.2 Å². The van der Waals surface area contributed by atoms with Crippen molar-refractivity contribution in [2.45, 2.75) is 467 Å². The molecule has 9 atom stereocenters. The van der Waals surface area contributed by atoms with Gasteiger partial charge in [0.25, 0.3) is 0 Å². The van der Waals surface area contributed by atoms with Crippen molar-refractivity contribution in [2.75, 3.05) is 13.2 Å². The highest BCUT2D eigenvalue weighted by Gasteiger charge is 2.44. The van der Waals surface area contributed by atoms with Crippen LogP contribution in [0.5, 0.6) is 0 Å². The first-order chi connectivity index (χ1) is 43.7. The Bertz CT molecular complexity index is 1450. The molecule has 11 nitrogen and oxygen atoms in total. The first-order valence-electron chi connectivity index (χ1n) is 39.6. The molecule has 0 bridgehead atoms. The van der Waals surface area contributed by atoms with Crippen LogP contribution in [-0.2, 0) is 14.3 Å². The van der Waals surface area contributed by atoms with Gasteiger partial charge in [-0.3, -0.25) is 4.79 Å². The molecule has 1 rings (SSSR count). The first-order valence-corrected chi connectivity index (χ1v) is 39.6. The Hall–Kier alpha value is -1.15. The number of hydrogen-bond acceptors (Lipinski definition) is 10. The maximum absolute atomic E-state index is 13.3. The number of aliphatic hydroxyl groups is 7. The highest BCUT2D eigenvalue weighted by atomic mass is 16.7. The second-order valence-electron chi connectivity index (χ2n) is 28.1. The number of carbonyl (C=O) groups excluding carboxylic acids is 1. The van der Waals surface area contributed by atoms with Crippen LogP contribution in [0.15, 0.2) is 12.2 Å². The summed E-state index contributed by atoms with van der Waals surface area (Å²) < 4.78 is 11.2. The molecule has 0 aromatic rings. The minimum Gasteiger partial charge on any atom is -0.394 e. The summed E-state index contributed by atoms with van der Waals surface area (Å²) in [4.78, 5) is 13.3.